The van der Waals surface area contributed by atoms with Gasteiger partial charge in [0.15, 0.2) is 17.8 Å². The average molecular weight is 443 g/mol. The second-order valence-electron chi connectivity index (χ2n) is 7.18. The molecular formula is C20H23F2NO6S. The minimum Gasteiger partial charge on any atom is -0.505 e. The van der Waals surface area contributed by atoms with E-state index in [9.17, 15) is 32.5 Å². The van der Waals surface area contributed by atoms with Gasteiger partial charge < -0.3 is 20.2 Å². The van der Waals surface area contributed by atoms with Crippen molar-refractivity contribution in [1.29, 1.82) is 0 Å². The van der Waals surface area contributed by atoms with Gasteiger partial charge in [0, 0.05) is 18.7 Å². The number of benzene rings is 2. The Morgan fingerprint density at radius 3 is 2.67 bits per heavy atom. The van der Waals surface area contributed by atoms with E-state index in [1.165, 1.54) is 24.3 Å². The third-order valence-corrected chi connectivity index (χ3v) is 6.17. The zero-order valence-electron chi connectivity index (χ0n) is 16.0. The van der Waals surface area contributed by atoms with E-state index in [0.717, 1.165) is 12.1 Å². The summed E-state index contributed by atoms with van der Waals surface area (Å²) in [5.41, 5.74) is 0.552. The summed E-state index contributed by atoms with van der Waals surface area (Å²) in [5.74, 6) is -2.53. The van der Waals surface area contributed by atoms with E-state index < -0.39 is 51.7 Å². The number of hydrogen-bond acceptors (Lipinski definition) is 7. The summed E-state index contributed by atoms with van der Waals surface area (Å²) in [6.45, 7) is 0.278. The third-order valence-electron chi connectivity index (χ3n) is 4.92. The SMILES string of the molecule is O=S(=O)(CCC(O)c1ccc(O)c(F)c1)OC1CC(O)CCN1c1cccc(F)c1. The highest BCUT2D eigenvalue weighted by atomic mass is 32.2. The smallest absolute Gasteiger partial charge is 0.269 e. The van der Waals surface area contributed by atoms with Crippen molar-refractivity contribution >= 4 is 15.8 Å². The Morgan fingerprint density at radius 1 is 1.20 bits per heavy atom. The number of anilines is 1. The largest absolute Gasteiger partial charge is 0.505 e. The van der Waals surface area contributed by atoms with E-state index in [1.807, 2.05) is 0 Å². The summed E-state index contributed by atoms with van der Waals surface area (Å²) >= 11 is 0. The number of nitrogens with zero attached hydrogens (tertiary/aromatic N) is 1. The molecule has 0 saturated carbocycles. The summed E-state index contributed by atoms with van der Waals surface area (Å²) in [7, 11) is -4.13. The molecule has 1 heterocycles. The summed E-state index contributed by atoms with van der Waals surface area (Å²) < 4.78 is 57.2. The maximum absolute atomic E-state index is 13.6. The summed E-state index contributed by atoms with van der Waals surface area (Å²) in [6, 6.07) is 8.92. The lowest BCUT2D eigenvalue weighted by Gasteiger charge is -2.38. The Labute approximate surface area is 173 Å². The van der Waals surface area contributed by atoms with E-state index in [1.54, 1.807) is 11.0 Å². The number of phenolic OH excluding ortho intramolecular Hbond substituents is 1. The van der Waals surface area contributed by atoms with Crippen molar-refractivity contribution in [3.63, 3.8) is 0 Å². The van der Waals surface area contributed by atoms with Gasteiger partial charge >= 0.3 is 0 Å². The number of rotatable bonds is 7. The van der Waals surface area contributed by atoms with E-state index in [2.05, 4.69) is 0 Å². The molecule has 3 N–H and O–H groups in total. The van der Waals surface area contributed by atoms with E-state index in [0.29, 0.717) is 12.1 Å². The van der Waals surface area contributed by atoms with Crippen LogP contribution >= 0.6 is 0 Å². The van der Waals surface area contributed by atoms with Gasteiger partial charge in [0.25, 0.3) is 10.1 Å². The standard InChI is InChI=1S/C20H23F2NO6S/c21-14-2-1-3-15(11-14)23-8-6-16(24)12-20(23)29-30(27,28)9-7-18(25)13-4-5-19(26)17(22)10-13/h1-5,10-11,16,18,20,24-26H,6-9,12H2. The zero-order valence-corrected chi connectivity index (χ0v) is 16.8. The van der Waals surface area contributed by atoms with Crippen molar-refractivity contribution < 1.29 is 36.7 Å². The number of halogens is 2. The minimum absolute atomic E-state index is 0.0153. The molecule has 0 bridgehead atoms. The molecule has 0 aliphatic carbocycles. The van der Waals surface area contributed by atoms with Crippen LogP contribution in [-0.2, 0) is 14.3 Å². The van der Waals surface area contributed by atoms with E-state index >= 15 is 0 Å². The highest BCUT2D eigenvalue weighted by Crippen LogP contribution is 2.28. The molecule has 0 spiro atoms. The van der Waals surface area contributed by atoms with Crippen LogP contribution in [0.5, 0.6) is 5.75 Å². The third kappa shape index (κ3) is 5.66. The molecule has 2 aromatic rings. The molecule has 1 saturated heterocycles. The Bertz CT molecular complexity index is 987. The average Bonchev–Trinajstić information content (AvgIpc) is 2.68. The molecule has 0 radical (unpaired) electrons. The minimum atomic E-state index is -4.13. The molecule has 1 aliphatic heterocycles. The molecule has 3 unspecified atom stereocenters. The van der Waals surface area contributed by atoms with Gasteiger partial charge in [-0.3, -0.25) is 0 Å². The first-order valence-electron chi connectivity index (χ1n) is 9.42. The first-order chi connectivity index (χ1) is 14.1. The van der Waals surface area contributed by atoms with Crippen LogP contribution in [0.2, 0.25) is 0 Å². The number of aromatic hydroxyl groups is 1. The highest BCUT2D eigenvalue weighted by Gasteiger charge is 2.32. The summed E-state index contributed by atoms with van der Waals surface area (Å²) in [4.78, 5) is 1.57. The Morgan fingerprint density at radius 2 is 1.97 bits per heavy atom. The molecule has 7 nitrogen and oxygen atoms in total. The molecule has 0 amide bonds. The lowest BCUT2D eigenvalue weighted by atomic mass is 10.1. The Balaban J connectivity index is 1.67. The summed E-state index contributed by atoms with van der Waals surface area (Å²) in [5, 5.41) is 29.3. The Hall–Kier alpha value is -2.27. The number of piperidine rings is 1. The fourth-order valence-electron chi connectivity index (χ4n) is 3.32. The van der Waals surface area contributed by atoms with Gasteiger partial charge in [0.2, 0.25) is 0 Å². The van der Waals surface area contributed by atoms with Gasteiger partial charge in [0.05, 0.1) is 18.0 Å². The van der Waals surface area contributed by atoms with Crippen LogP contribution in [0.25, 0.3) is 0 Å². The van der Waals surface area contributed by atoms with Gasteiger partial charge in [-0.1, -0.05) is 12.1 Å². The number of phenols is 1. The summed E-state index contributed by atoms with van der Waals surface area (Å²) in [6.07, 6.45) is -2.94. The predicted molar refractivity (Wildman–Crippen MR) is 105 cm³/mol. The van der Waals surface area contributed by atoms with Crippen molar-refractivity contribution in [2.45, 2.75) is 37.7 Å². The van der Waals surface area contributed by atoms with Crippen LogP contribution in [0.3, 0.4) is 0 Å². The van der Waals surface area contributed by atoms with Gasteiger partial charge in [-0.15, -0.1) is 0 Å². The number of hydrogen-bond donors (Lipinski definition) is 3. The maximum atomic E-state index is 13.6. The second-order valence-corrected chi connectivity index (χ2v) is 8.90. The molecule has 1 aliphatic rings. The lowest BCUT2D eigenvalue weighted by Crippen LogP contribution is -2.47. The molecule has 0 aromatic heterocycles. The molecule has 10 heteroatoms. The van der Waals surface area contributed by atoms with Gasteiger partial charge in [-0.05, 0) is 48.7 Å². The van der Waals surface area contributed by atoms with Crippen LogP contribution in [0.1, 0.15) is 30.9 Å². The van der Waals surface area contributed by atoms with Crippen LogP contribution in [0, 0.1) is 11.6 Å². The molecule has 3 atom stereocenters. The molecule has 1 fully saturated rings. The molecule has 164 valence electrons. The number of aliphatic hydroxyl groups excluding tert-OH is 2. The van der Waals surface area contributed by atoms with Gasteiger partial charge in [0.1, 0.15) is 5.82 Å². The monoisotopic (exact) mass is 443 g/mol. The Kier molecular flexibility index (Phi) is 6.91. The van der Waals surface area contributed by atoms with Crippen LogP contribution in [0.15, 0.2) is 42.5 Å². The first kappa shape index (κ1) is 22.4. The predicted octanol–water partition coefficient (Wildman–Crippen LogP) is 2.43. The lowest BCUT2D eigenvalue weighted by molar-refractivity contribution is 0.0661. The van der Waals surface area contributed by atoms with Crippen LogP contribution < -0.4 is 4.90 Å². The maximum Gasteiger partial charge on any atom is 0.269 e. The van der Waals surface area contributed by atoms with Crippen molar-refractivity contribution in [3.05, 3.63) is 59.7 Å². The molecular weight excluding hydrogens is 420 g/mol. The quantitative estimate of drug-likeness (QED) is 0.564. The van der Waals surface area contributed by atoms with Crippen LogP contribution in [-0.4, -0.2) is 48.4 Å². The van der Waals surface area contributed by atoms with E-state index in [4.69, 9.17) is 4.18 Å². The van der Waals surface area contributed by atoms with Crippen molar-refractivity contribution in [2.75, 3.05) is 17.2 Å². The van der Waals surface area contributed by atoms with E-state index in [-0.39, 0.29) is 24.9 Å². The fraction of sp³-hybridized carbons (Fsp3) is 0.400. The first-order valence-corrected chi connectivity index (χ1v) is 11.0. The molecule has 3 rings (SSSR count). The topological polar surface area (TPSA) is 107 Å². The van der Waals surface area contributed by atoms with Crippen LogP contribution in [0.4, 0.5) is 14.5 Å². The normalized spacial score (nSPS) is 20.9. The second kappa shape index (κ2) is 9.25. The van der Waals surface area contributed by atoms with Gasteiger partial charge in [-0.2, -0.15) is 8.42 Å². The van der Waals surface area contributed by atoms with Gasteiger partial charge in [-0.25, -0.2) is 13.0 Å². The van der Waals surface area contributed by atoms with Crippen molar-refractivity contribution in [1.82, 2.24) is 0 Å². The zero-order chi connectivity index (χ0) is 21.9. The number of aliphatic hydroxyl groups is 2. The fourth-order valence-corrected chi connectivity index (χ4v) is 4.45. The van der Waals surface area contributed by atoms with Crippen molar-refractivity contribution in [2.24, 2.45) is 0 Å². The van der Waals surface area contributed by atoms with Crippen molar-refractivity contribution in [3.8, 4) is 5.75 Å². The molecule has 2 aromatic carbocycles. The highest BCUT2D eigenvalue weighted by molar-refractivity contribution is 7.86. The molecule has 30 heavy (non-hydrogen) atoms.